The van der Waals surface area contributed by atoms with E-state index in [2.05, 4.69) is 56.1 Å². The minimum absolute atomic E-state index is 0. The quantitative estimate of drug-likeness (QED) is 0.514. The third kappa shape index (κ3) is 21.0. The van der Waals surface area contributed by atoms with Crippen molar-refractivity contribution in [2.24, 2.45) is 0 Å². The highest BCUT2D eigenvalue weighted by molar-refractivity contribution is 8.18. The fourth-order valence-electron chi connectivity index (χ4n) is 0.730. The van der Waals surface area contributed by atoms with E-state index < -0.39 is 0 Å². The zero-order valence-electron chi connectivity index (χ0n) is 7.63. The fourth-order valence-corrected chi connectivity index (χ4v) is 4.45. The van der Waals surface area contributed by atoms with E-state index in [1.54, 1.807) is 0 Å². The Labute approximate surface area is 113 Å². The predicted molar refractivity (Wildman–Crippen MR) is 90.0 cm³/mol. The molecule has 100 valence electrons. The van der Waals surface area contributed by atoms with Crippen molar-refractivity contribution in [2.45, 2.75) is 55.1 Å². The van der Waals surface area contributed by atoms with Gasteiger partial charge in [-0.3, -0.25) is 0 Å². The number of hydrogen-bond acceptors (Lipinski definition) is 3. The minimum atomic E-state index is 0. The van der Waals surface area contributed by atoms with Crippen LogP contribution < -0.4 is 0 Å². The van der Waals surface area contributed by atoms with Gasteiger partial charge in [-0.1, -0.05) is 50.5 Å². The molecular weight excluding hydrogens is 240 g/mol. The van der Waals surface area contributed by atoms with Crippen molar-refractivity contribution in [1.29, 1.82) is 0 Å². The van der Waals surface area contributed by atoms with Crippen LogP contribution in [0.4, 0.5) is 0 Å². The average Bonchev–Trinajstić information content (AvgIpc) is 2.01. The molecule has 0 radical (unpaired) electrons. The van der Waals surface area contributed by atoms with E-state index in [0.29, 0.717) is 0 Å². The summed E-state index contributed by atoms with van der Waals surface area (Å²) in [6, 6.07) is 0. The molecule has 0 aromatic heterocycles. The molecule has 0 fully saturated rings. The van der Waals surface area contributed by atoms with Crippen LogP contribution in [0.15, 0.2) is 0 Å². The van der Waals surface area contributed by atoms with Crippen molar-refractivity contribution in [3.05, 3.63) is 0 Å². The zero-order valence-corrected chi connectivity index (χ0v) is 10.1. The first-order valence-electron chi connectivity index (χ1n) is 4.16. The summed E-state index contributed by atoms with van der Waals surface area (Å²) in [6.07, 6.45) is 0. The Bertz CT molecular complexity index is 71.3. The molecule has 0 spiro atoms. The van der Waals surface area contributed by atoms with Gasteiger partial charge in [-0.25, -0.2) is 0 Å². The molecule has 0 nitrogen and oxygen atoms in total. The second kappa shape index (κ2) is 24.3. The van der Waals surface area contributed by atoms with Crippen LogP contribution in [0.2, 0.25) is 0 Å². The van der Waals surface area contributed by atoms with Gasteiger partial charge in [-0.05, 0) is 17.3 Å². The van der Waals surface area contributed by atoms with Crippen LogP contribution in [0, 0.1) is 0 Å². The van der Waals surface area contributed by atoms with Crippen molar-refractivity contribution in [3.8, 4) is 0 Å². The molecule has 0 saturated heterocycles. The molecule has 0 bridgehead atoms. The van der Waals surface area contributed by atoms with E-state index in [0.717, 1.165) is 4.58 Å². The first kappa shape index (κ1) is 29.8. The highest BCUT2D eigenvalue weighted by atomic mass is 32.2. The second-order valence-electron chi connectivity index (χ2n) is 2.00. The molecule has 0 N–H and O–H groups in total. The van der Waals surface area contributed by atoms with Crippen LogP contribution in [-0.4, -0.2) is 27.6 Å². The molecule has 0 aromatic rings. The Hall–Kier alpha value is 1.05. The molecule has 0 amide bonds. The summed E-state index contributed by atoms with van der Waals surface area (Å²) in [5.74, 6) is 5.07. The molecule has 0 rings (SSSR count). The summed E-state index contributed by atoms with van der Waals surface area (Å²) in [4.78, 5) is 0. The third-order valence-corrected chi connectivity index (χ3v) is 5.12. The lowest BCUT2D eigenvalue weighted by Gasteiger charge is -2.12. The Morgan fingerprint density at radius 3 is 1.40 bits per heavy atom. The monoisotopic (exact) mass is 274 g/mol. The van der Waals surface area contributed by atoms with E-state index in [9.17, 15) is 0 Å². The van der Waals surface area contributed by atoms with Crippen molar-refractivity contribution in [1.82, 2.24) is 0 Å². The minimum Gasteiger partial charge on any atom is -0.160 e. The Kier molecular flexibility index (Phi) is 48.3. The van der Waals surface area contributed by atoms with Crippen LogP contribution >= 0.6 is 35.3 Å². The molecule has 3 heteroatoms. The molecule has 0 aliphatic carbocycles. The molecule has 0 unspecified atom stereocenters. The van der Waals surface area contributed by atoms with E-state index in [1.165, 1.54) is 23.0 Å². The zero-order chi connectivity index (χ0) is 8.53. The lowest BCUT2D eigenvalue weighted by Crippen LogP contribution is -2.02. The Morgan fingerprint density at radius 2 is 1.13 bits per heavy atom. The lowest BCUT2D eigenvalue weighted by molar-refractivity contribution is 1.38. The van der Waals surface area contributed by atoms with Crippen LogP contribution in [0.5, 0.6) is 0 Å². The molecule has 0 atom stereocenters. The van der Waals surface area contributed by atoms with Gasteiger partial charge >= 0.3 is 0 Å². The average molecular weight is 275 g/mol. The second-order valence-corrected chi connectivity index (χ2v) is 6.58. The maximum absolute atomic E-state index is 2.24. The van der Waals surface area contributed by atoms with Gasteiger partial charge in [0.15, 0.2) is 0 Å². The van der Waals surface area contributed by atoms with Gasteiger partial charge in [-0.2, -0.15) is 11.8 Å². The highest BCUT2D eigenvalue weighted by Crippen LogP contribution is 2.26. The van der Waals surface area contributed by atoms with Crippen LogP contribution in [0.25, 0.3) is 0 Å². The van der Waals surface area contributed by atoms with Gasteiger partial charge < -0.3 is 0 Å². The standard InChI is InChI=1S/C8H18S3.4CH4/c1-4-9-7-8(10-5-2)11-6-3;;;;/h8H,4-7H2,1-3H3;4*1H4. The first-order chi connectivity index (χ1) is 5.35. The summed E-state index contributed by atoms with van der Waals surface area (Å²) in [6.45, 7) is 6.71. The molecule has 0 heterocycles. The lowest BCUT2D eigenvalue weighted by atomic mass is 10.9. The van der Waals surface area contributed by atoms with E-state index >= 15 is 0 Å². The van der Waals surface area contributed by atoms with E-state index in [-0.39, 0.29) is 29.7 Å². The molecule has 0 aliphatic rings. The van der Waals surface area contributed by atoms with E-state index in [4.69, 9.17) is 0 Å². The molecular formula is C12H34S3. The fraction of sp³-hybridized carbons (Fsp3) is 1.00. The Balaban J connectivity index is -0.0000000833. The SMILES string of the molecule is C.C.C.C.CCSCC(SCC)SCC. The predicted octanol–water partition coefficient (Wildman–Crippen LogP) is 6.12. The van der Waals surface area contributed by atoms with Crippen molar-refractivity contribution in [2.75, 3.05) is 23.0 Å². The normalized spacial score (nSPS) is 8.00. The van der Waals surface area contributed by atoms with Crippen LogP contribution in [0.1, 0.15) is 50.5 Å². The van der Waals surface area contributed by atoms with Crippen LogP contribution in [-0.2, 0) is 0 Å². The van der Waals surface area contributed by atoms with Gasteiger partial charge in [0.2, 0.25) is 0 Å². The Morgan fingerprint density at radius 1 is 0.733 bits per heavy atom. The number of thioether (sulfide) groups is 3. The summed E-state index contributed by atoms with van der Waals surface area (Å²) >= 11 is 6.22. The molecule has 0 aliphatic heterocycles. The molecule has 0 saturated carbocycles. The van der Waals surface area contributed by atoms with Crippen molar-refractivity contribution in [3.63, 3.8) is 0 Å². The van der Waals surface area contributed by atoms with E-state index in [1.807, 2.05) is 0 Å². The maximum atomic E-state index is 2.24. The summed E-state index contributed by atoms with van der Waals surface area (Å²) in [5.41, 5.74) is 0. The summed E-state index contributed by atoms with van der Waals surface area (Å²) < 4.78 is 0.829. The van der Waals surface area contributed by atoms with Gasteiger partial charge in [-0.15, -0.1) is 23.5 Å². The van der Waals surface area contributed by atoms with Crippen LogP contribution in [0.3, 0.4) is 0 Å². The van der Waals surface area contributed by atoms with Gasteiger partial charge in [0.1, 0.15) is 0 Å². The third-order valence-electron chi connectivity index (χ3n) is 1.16. The summed E-state index contributed by atoms with van der Waals surface area (Å²) in [7, 11) is 0. The molecule has 15 heavy (non-hydrogen) atoms. The maximum Gasteiger partial charge on any atom is 0.0592 e. The molecule has 0 aromatic carbocycles. The smallest absolute Gasteiger partial charge is 0.0592 e. The van der Waals surface area contributed by atoms with Gasteiger partial charge in [0.25, 0.3) is 0 Å². The van der Waals surface area contributed by atoms with Gasteiger partial charge in [0.05, 0.1) is 4.58 Å². The van der Waals surface area contributed by atoms with Gasteiger partial charge in [0, 0.05) is 5.75 Å². The first-order valence-corrected chi connectivity index (χ1v) is 7.41. The van der Waals surface area contributed by atoms with Crippen molar-refractivity contribution >= 4 is 35.3 Å². The topological polar surface area (TPSA) is 0 Å². The number of hydrogen-bond donors (Lipinski definition) is 0. The summed E-state index contributed by atoms with van der Waals surface area (Å²) in [5, 5.41) is 0. The highest BCUT2D eigenvalue weighted by Gasteiger charge is 2.06. The largest absolute Gasteiger partial charge is 0.160 e. The van der Waals surface area contributed by atoms with Crippen molar-refractivity contribution < 1.29 is 0 Å². The number of rotatable bonds is 7.